The van der Waals surface area contributed by atoms with Gasteiger partial charge in [0.15, 0.2) is 0 Å². The van der Waals surface area contributed by atoms with Crippen LogP contribution in [0.2, 0.25) is 0 Å². The third kappa shape index (κ3) is 3.68. The summed E-state index contributed by atoms with van der Waals surface area (Å²) in [6.45, 7) is 2.81. The number of rotatable bonds is 4. The molecule has 1 fully saturated rings. The summed E-state index contributed by atoms with van der Waals surface area (Å²) in [5.41, 5.74) is 1.68. The topological polar surface area (TPSA) is 66.5 Å². The summed E-state index contributed by atoms with van der Waals surface area (Å²) >= 11 is 1.23. The zero-order valence-electron chi connectivity index (χ0n) is 13.4. The van der Waals surface area contributed by atoms with E-state index in [2.05, 4.69) is 5.32 Å². The number of benzene rings is 1. The minimum Gasteiger partial charge on any atom is -0.349 e. The molecule has 3 rings (SSSR count). The Morgan fingerprint density at radius 1 is 1.21 bits per heavy atom. The molecule has 24 heavy (non-hydrogen) atoms. The maximum Gasteiger partial charge on any atom is 0.252 e. The van der Waals surface area contributed by atoms with Crippen LogP contribution in [0.4, 0.5) is 0 Å². The molecule has 0 spiro atoms. The van der Waals surface area contributed by atoms with E-state index in [1.807, 2.05) is 25.1 Å². The van der Waals surface area contributed by atoms with Crippen LogP contribution in [0, 0.1) is 6.92 Å². The molecule has 1 N–H and O–H groups in total. The van der Waals surface area contributed by atoms with Crippen molar-refractivity contribution in [3.63, 3.8) is 0 Å². The Labute approximate surface area is 146 Å². The molecule has 5 nitrogen and oxygen atoms in total. The minimum absolute atomic E-state index is 0.00722. The van der Waals surface area contributed by atoms with Crippen molar-refractivity contribution in [1.82, 2.24) is 9.62 Å². The van der Waals surface area contributed by atoms with Crippen molar-refractivity contribution in [3.8, 4) is 0 Å². The molecule has 0 atom stereocenters. The van der Waals surface area contributed by atoms with E-state index in [4.69, 9.17) is 0 Å². The SMILES string of the molecule is Cc1cccc(C(=O)NC2CCN(S(=O)(=O)c3cccs3)CC2)c1. The van der Waals surface area contributed by atoms with Crippen molar-refractivity contribution in [1.29, 1.82) is 0 Å². The Morgan fingerprint density at radius 3 is 2.58 bits per heavy atom. The van der Waals surface area contributed by atoms with E-state index in [0.717, 1.165) is 5.56 Å². The van der Waals surface area contributed by atoms with Gasteiger partial charge in [-0.3, -0.25) is 4.79 Å². The van der Waals surface area contributed by atoms with E-state index < -0.39 is 10.0 Å². The fourth-order valence-corrected chi connectivity index (χ4v) is 5.45. The summed E-state index contributed by atoms with van der Waals surface area (Å²) in [5, 5.41) is 4.78. The lowest BCUT2D eigenvalue weighted by atomic mass is 10.1. The number of carbonyl (C=O) groups is 1. The molecule has 1 amide bonds. The first kappa shape index (κ1) is 17.1. The van der Waals surface area contributed by atoms with E-state index in [9.17, 15) is 13.2 Å². The van der Waals surface area contributed by atoms with Crippen molar-refractivity contribution in [3.05, 3.63) is 52.9 Å². The quantitative estimate of drug-likeness (QED) is 0.907. The van der Waals surface area contributed by atoms with Crippen molar-refractivity contribution in [2.45, 2.75) is 30.0 Å². The van der Waals surface area contributed by atoms with Crippen LogP contribution in [0.5, 0.6) is 0 Å². The maximum atomic E-state index is 12.5. The molecule has 128 valence electrons. The Morgan fingerprint density at radius 2 is 1.96 bits per heavy atom. The first-order valence-electron chi connectivity index (χ1n) is 7.88. The van der Waals surface area contributed by atoms with Crippen LogP contribution in [-0.4, -0.2) is 37.8 Å². The Kier molecular flexibility index (Phi) is 5.03. The fourth-order valence-electron chi connectivity index (χ4n) is 2.83. The predicted molar refractivity (Wildman–Crippen MR) is 94.7 cm³/mol. The van der Waals surface area contributed by atoms with Gasteiger partial charge in [0.1, 0.15) is 4.21 Å². The van der Waals surface area contributed by atoms with Gasteiger partial charge >= 0.3 is 0 Å². The minimum atomic E-state index is -3.39. The number of nitrogens with one attached hydrogen (secondary N) is 1. The lowest BCUT2D eigenvalue weighted by Gasteiger charge is -2.31. The smallest absolute Gasteiger partial charge is 0.252 e. The largest absolute Gasteiger partial charge is 0.349 e. The number of carbonyl (C=O) groups excluding carboxylic acids is 1. The highest BCUT2D eigenvalue weighted by molar-refractivity contribution is 7.91. The van der Waals surface area contributed by atoms with E-state index in [-0.39, 0.29) is 11.9 Å². The normalized spacial score (nSPS) is 16.9. The van der Waals surface area contributed by atoms with Crippen LogP contribution >= 0.6 is 11.3 Å². The zero-order chi connectivity index (χ0) is 17.2. The van der Waals surface area contributed by atoms with Crippen LogP contribution in [0.1, 0.15) is 28.8 Å². The number of thiophene rings is 1. The van der Waals surface area contributed by atoms with Gasteiger partial charge < -0.3 is 5.32 Å². The second kappa shape index (κ2) is 7.04. The maximum absolute atomic E-state index is 12.5. The molecule has 1 aromatic carbocycles. The monoisotopic (exact) mass is 364 g/mol. The van der Waals surface area contributed by atoms with E-state index in [1.54, 1.807) is 23.6 Å². The van der Waals surface area contributed by atoms with Gasteiger partial charge in [0, 0.05) is 24.7 Å². The number of aryl methyl sites for hydroxylation is 1. The number of nitrogens with zero attached hydrogens (tertiary/aromatic N) is 1. The first-order valence-corrected chi connectivity index (χ1v) is 10.2. The molecular weight excluding hydrogens is 344 g/mol. The Balaban J connectivity index is 1.59. The highest BCUT2D eigenvalue weighted by Crippen LogP contribution is 2.24. The highest BCUT2D eigenvalue weighted by Gasteiger charge is 2.30. The third-order valence-corrected chi connectivity index (χ3v) is 7.43. The lowest BCUT2D eigenvalue weighted by Crippen LogP contribution is -2.46. The molecule has 0 aliphatic carbocycles. The highest BCUT2D eigenvalue weighted by atomic mass is 32.2. The van der Waals surface area contributed by atoms with Crippen molar-refractivity contribution in [2.24, 2.45) is 0 Å². The fraction of sp³-hybridized carbons (Fsp3) is 0.353. The molecule has 7 heteroatoms. The molecule has 0 saturated carbocycles. The standard InChI is InChI=1S/C17H20N2O3S2/c1-13-4-2-5-14(12-13)17(20)18-15-7-9-19(10-8-15)24(21,22)16-6-3-11-23-16/h2-6,11-12,15H,7-10H2,1H3,(H,18,20). The number of sulfonamides is 1. The third-order valence-electron chi connectivity index (χ3n) is 4.16. The van der Waals surface area contributed by atoms with Crippen LogP contribution in [0.15, 0.2) is 46.0 Å². The van der Waals surface area contributed by atoms with E-state index in [0.29, 0.717) is 35.7 Å². The van der Waals surface area contributed by atoms with Crippen LogP contribution in [-0.2, 0) is 10.0 Å². The van der Waals surface area contributed by atoms with Gasteiger partial charge in [0.2, 0.25) is 0 Å². The summed E-state index contributed by atoms with van der Waals surface area (Å²) in [5.74, 6) is -0.0988. The summed E-state index contributed by atoms with van der Waals surface area (Å²) in [6, 6.07) is 10.8. The van der Waals surface area contributed by atoms with Gasteiger partial charge in [-0.05, 0) is 43.3 Å². The average molecular weight is 364 g/mol. The van der Waals surface area contributed by atoms with Crippen LogP contribution < -0.4 is 5.32 Å². The van der Waals surface area contributed by atoms with E-state index in [1.165, 1.54) is 15.6 Å². The molecule has 0 unspecified atom stereocenters. The van der Waals surface area contributed by atoms with Gasteiger partial charge in [0.05, 0.1) is 0 Å². The summed E-state index contributed by atoms with van der Waals surface area (Å²) < 4.78 is 26.9. The van der Waals surface area contributed by atoms with Gasteiger partial charge in [-0.1, -0.05) is 23.8 Å². The number of amides is 1. The predicted octanol–water partition coefficient (Wildman–Crippen LogP) is 2.64. The Hall–Kier alpha value is -1.70. The number of hydrogen-bond acceptors (Lipinski definition) is 4. The van der Waals surface area contributed by atoms with Crippen LogP contribution in [0.3, 0.4) is 0 Å². The van der Waals surface area contributed by atoms with Gasteiger partial charge in [-0.25, -0.2) is 8.42 Å². The molecule has 1 aromatic heterocycles. The average Bonchev–Trinajstić information content (AvgIpc) is 3.10. The van der Waals surface area contributed by atoms with Gasteiger partial charge in [-0.15, -0.1) is 11.3 Å². The van der Waals surface area contributed by atoms with Crippen molar-refractivity contribution in [2.75, 3.05) is 13.1 Å². The molecule has 0 bridgehead atoms. The van der Waals surface area contributed by atoms with Crippen molar-refractivity contribution < 1.29 is 13.2 Å². The van der Waals surface area contributed by atoms with Gasteiger partial charge in [-0.2, -0.15) is 4.31 Å². The molecule has 1 aliphatic heterocycles. The van der Waals surface area contributed by atoms with Gasteiger partial charge in [0.25, 0.3) is 15.9 Å². The molecular formula is C17H20N2O3S2. The van der Waals surface area contributed by atoms with Crippen LogP contribution in [0.25, 0.3) is 0 Å². The van der Waals surface area contributed by atoms with E-state index >= 15 is 0 Å². The second-order valence-corrected chi connectivity index (χ2v) is 9.07. The zero-order valence-corrected chi connectivity index (χ0v) is 15.1. The summed E-state index contributed by atoms with van der Waals surface area (Å²) in [7, 11) is -3.39. The number of hydrogen-bond donors (Lipinski definition) is 1. The molecule has 2 heterocycles. The molecule has 2 aromatic rings. The molecule has 0 radical (unpaired) electrons. The lowest BCUT2D eigenvalue weighted by molar-refractivity contribution is 0.0924. The first-order chi connectivity index (χ1) is 11.5. The number of piperidine rings is 1. The molecule has 1 saturated heterocycles. The summed E-state index contributed by atoms with van der Waals surface area (Å²) in [4.78, 5) is 12.3. The second-order valence-electron chi connectivity index (χ2n) is 5.95. The summed E-state index contributed by atoms with van der Waals surface area (Å²) in [6.07, 6.45) is 1.25. The molecule has 1 aliphatic rings. The Bertz CT molecular complexity index is 808. The van der Waals surface area contributed by atoms with Crippen molar-refractivity contribution >= 4 is 27.3 Å².